The Morgan fingerprint density at radius 2 is 1.94 bits per heavy atom. The molecule has 2 aliphatic rings. The molecule has 4 rings (SSSR count). The second-order valence-corrected chi connectivity index (χ2v) is 9.33. The minimum absolute atomic E-state index is 0.238. The van der Waals surface area contributed by atoms with Crippen molar-refractivity contribution in [1.29, 1.82) is 0 Å². The summed E-state index contributed by atoms with van der Waals surface area (Å²) in [7, 11) is 0. The summed E-state index contributed by atoms with van der Waals surface area (Å²) in [5, 5.41) is 2.72. The Morgan fingerprint density at radius 1 is 1.25 bits per heavy atom. The third kappa shape index (κ3) is 4.18. The molecular formula is C23H27FN4O3S. The minimum Gasteiger partial charge on any atom is -0.324 e. The topological polar surface area (TPSA) is 84.3 Å². The van der Waals surface area contributed by atoms with Gasteiger partial charge in [0.15, 0.2) is 0 Å². The van der Waals surface area contributed by atoms with E-state index in [4.69, 9.17) is 0 Å². The third-order valence-electron chi connectivity index (χ3n) is 6.39. The highest BCUT2D eigenvalue weighted by atomic mass is 32.2. The van der Waals surface area contributed by atoms with Gasteiger partial charge in [0, 0.05) is 18.1 Å². The molecule has 1 aromatic heterocycles. The van der Waals surface area contributed by atoms with E-state index in [-0.39, 0.29) is 29.3 Å². The molecule has 1 aromatic carbocycles. The number of anilines is 1. The van der Waals surface area contributed by atoms with Crippen molar-refractivity contribution in [3.63, 3.8) is 0 Å². The first-order chi connectivity index (χ1) is 15.4. The summed E-state index contributed by atoms with van der Waals surface area (Å²) in [5.41, 5.74) is 0.602. The number of benzene rings is 1. The van der Waals surface area contributed by atoms with E-state index in [1.807, 2.05) is 6.26 Å². The van der Waals surface area contributed by atoms with Crippen LogP contribution in [0.1, 0.15) is 37.9 Å². The molecule has 1 aliphatic carbocycles. The molecule has 2 fully saturated rings. The molecule has 3 amide bonds. The second kappa shape index (κ2) is 9.44. The number of carbonyl (C=O) groups is 3. The molecule has 2 heterocycles. The summed E-state index contributed by atoms with van der Waals surface area (Å²) in [5.74, 6) is -0.805. The fourth-order valence-corrected chi connectivity index (χ4v) is 5.20. The summed E-state index contributed by atoms with van der Waals surface area (Å²) in [4.78, 5) is 44.5. The van der Waals surface area contributed by atoms with E-state index in [1.54, 1.807) is 47.8 Å². The normalized spacial score (nSPS) is 21.5. The number of nitrogens with one attached hydrogen (secondary N) is 1. The number of fused-ring (bicyclic) bond motifs is 1. The lowest BCUT2D eigenvalue weighted by molar-refractivity contribution is -0.146. The Morgan fingerprint density at radius 3 is 2.50 bits per heavy atom. The zero-order chi connectivity index (χ0) is 22.8. The van der Waals surface area contributed by atoms with Gasteiger partial charge >= 0.3 is 0 Å². The Kier molecular flexibility index (Phi) is 6.64. The van der Waals surface area contributed by atoms with Gasteiger partial charge in [-0.05, 0) is 56.4 Å². The smallest absolute Gasteiger partial charge is 0.247 e. The van der Waals surface area contributed by atoms with Crippen LogP contribution in [0.5, 0.6) is 0 Å². The molecule has 9 heteroatoms. The van der Waals surface area contributed by atoms with Gasteiger partial charge < -0.3 is 9.88 Å². The van der Waals surface area contributed by atoms with E-state index < -0.39 is 17.8 Å². The molecule has 1 saturated heterocycles. The average molecular weight is 459 g/mol. The fourth-order valence-electron chi connectivity index (χ4n) is 4.74. The first-order valence-corrected chi connectivity index (χ1v) is 12.3. The number of aromatic nitrogens is 2. The quantitative estimate of drug-likeness (QED) is 0.642. The lowest BCUT2D eigenvalue weighted by Crippen LogP contribution is -2.48. The van der Waals surface area contributed by atoms with Crippen molar-refractivity contribution >= 4 is 35.2 Å². The van der Waals surface area contributed by atoms with Crippen LogP contribution in [0.25, 0.3) is 5.69 Å². The number of carbonyl (C=O) groups excluding carboxylic acids is 3. The Hall–Kier alpha value is -2.68. The number of amides is 3. The van der Waals surface area contributed by atoms with E-state index in [1.165, 1.54) is 11.0 Å². The maximum absolute atomic E-state index is 14.8. The molecule has 3 atom stereocenters. The summed E-state index contributed by atoms with van der Waals surface area (Å²) in [6.45, 7) is 1.77. The van der Waals surface area contributed by atoms with Crippen LogP contribution in [0.15, 0.2) is 30.6 Å². The predicted molar refractivity (Wildman–Crippen MR) is 121 cm³/mol. The second-order valence-electron chi connectivity index (χ2n) is 8.34. The summed E-state index contributed by atoms with van der Waals surface area (Å²) in [6, 6.07) is 3.52. The van der Waals surface area contributed by atoms with Gasteiger partial charge in [-0.1, -0.05) is 12.8 Å². The molecule has 170 valence electrons. The van der Waals surface area contributed by atoms with Gasteiger partial charge in [-0.2, -0.15) is 11.8 Å². The fraction of sp³-hybridized carbons (Fsp3) is 0.478. The Bertz CT molecular complexity index is 1020. The number of likely N-dealkylation sites (tertiary alicyclic amines) is 1. The largest absolute Gasteiger partial charge is 0.324 e. The first kappa shape index (κ1) is 22.5. The number of nitrogens with zero attached hydrogens (tertiary/aromatic N) is 3. The van der Waals surface area contributed by atoms with Crippen LogP contribution in [0.2, 0.25) is 0 Å². The third-order valence-corrected chi connectivity index (χ3v) is 7.03. The van der Waals surface area contributed by atoms with Crippen molar-refractivity contribution < 1.29 is 18.8 Å². The van der Waals surface area contributed by atoms with Gasteiger partial charge in [0.1, 0.15) is 17.7 Å². The Balaban J connectivity index is 1.55. The van der Waals surface area contributed by atoms with Crippen molar-refractivity contribution in [1.82, 2.24) is 14.5 Å². The van der Waals surface area contributed by atoms with Gasteiger partial charge in [0.25, 0.3) is 0 Å². The standard InChI is InChI=1S/C23H27FN4O3S/c1-14-25-10-11-27(14)19-8-7-15(13-18(19)24)26-21(29)20(9-12-32-2)28-22(30)16-5-3-4-6-17(16)23(28)31/h7-8,10-11,13,16-17,20H,3-6,9,12H2,1-2H3,(H,26,29). The lowest BCUT2D eigenvalue weighted by atomic mass is 9.81. The molecular weight excluding hydrogens is 431 g/mol. The average Bonchev–Trinajstić information content (AvgIpc) is 3.31. The van der Waals surface area contributed by atoms with E-state index in [0.29, 0.717) is 36.5 Å². The molecule has 0 spiro atoms. The highest BCUT2D eigenvalue weighted by molar-refractivity contribution is 7.98. The predicted octanol–water partition coefficient (Wildman–Crippen LogP) is 3.56. The zero-order valence-electron chi connectivity index (χ0n) is 18.2. The van der Waals surface area contributed by atoms with Gasteiger partial charge in [-0.25, -0.2) is 9.37 Å². The highest BCUT2D eigenvalue weighted by Gasteiger charge is 2.51. The van der Waals surface area contributed by atoms with Gasteiger partial charge in [-0.15, -0.1) is 0 Å². The number of aryl methyl sites for hydroxylation is 1. The van der Waals surface area contributed by atoms with Crippen LogP contribution in [0.3, 0.4) is 0 Å². The molecule has 2 aromatic rings. The van der Waals surface area contributed by atoms with Crippen LogP contribution >= 0.6 is 11.8 Å². The van der Waals surface area contributed by atoms with Crippen LogP contribution in [0, 0.1) is 24.6 Å². The van der Waals surface area contributed by atoms with Crippen molar-refractivity contribution in [3.8, 4) is 5.69 Å². The summed E-state index contributed by atoms with van der Waals surface area (Å²) < 4.78 is 16.4. The van der Waals surface area contributed by atoms with Crippen LogP contribution in [0.4, 0.5) is 10.1 Å². The van der Waals surface area contributed by atoms with Gasteiger partial charge in [-0.3, -0.25) is 19.3 Å². The SMILES string of the molecule is CSCCC(C(=O)Nc1ccc(-n2ccnc2C)c(F)c1)N1C(=O)C2CCCCC2C1=O. The summed E-state index contributed by atoms with van der Waals surface area (Å²) >= 11 is 1.55. The van der Waals surface area contributed by atoms with Crippen LogP contribution < -0.4 is 5.32 Å². The maximum atomic E-state index is 14.8. The molecule has 1 aliphatic heterocycles. The lowest BCUT2D eigenvalue weighted by Gasteiger charge is -2.26. The number of imidazole rings is 1. The van der Waals surface area contributed by atoms with E-state index in [2.05, 4.69) is 10.3 Å². The number of halogens is 1. The molecule has 1 N–H and O–H groups in total. The number of imide groups is 1. The molecule has 7 nitrogen and oxygen atoms in total. The van der Waals surface area contributed by atoms with Crippen LogP contribution in [-0.4, -0.2) is 50.2 Å². The number of thioether (sulfide) groups is 1. The maximum Gasteiger partial charge on any atom is 0.247 e. The van der Waals surface area contributed by atoms with E-state index in [9.17, 15) is 18.8 Å². The van der Waals surface area contributed by atoms with Crippen molar-refractivity contribution in [2.75, 3.05) is 17.3 Å². The van der Waals surface area contributed by atoms with Crippen molar-refractivity contribution in [2.24, 2.45) is 11.8 Å². The Labute approximate surface area is 190 Å². The molecule has 3 unspecified atom stereocenters. The highest BCUT2D eigenvalue weighted by Crippen LogP contribution is 2.39. The van der Waals surface area contributed by atoms with Crippen molar-refractivity contribution in [2.45, 2.75) is 45.1 Å². The van der Waals surface area contributed by atoms with Gasteiger partial charge in [0.2, 0.25) is 17.7 Å². The van der Waals surface area contributed by atoms with E-state index in [0.717, 1.165) is 12.8 Å². The first-order valence-electron chi connectivity index (χ1n) is 10.9. The summed E-state index contributed by atoms with van der Waals surface area (Å²) in [6.07, 6.45) is 8.77. The minimum atomic E-state index is -0.897. The molecule has 0 radical (unpaired) electrons. The number of hydrogen-bond donors (Lipinski definition) is 1. The monoisotopic (exact) mass is 458 g/mol. The number of rotatable bonds is 7. The number of hydrogen-bond acceptors (Lipinski definition) is 5. The molecule has 32 heavy (non-hydrogen) atoms. The molecule has 0 bridgehead atoms. The zero-order valence-corrected chi connectivity index (χ0v) is 19.0. The van der Waals surface area contributed by atoms with Crippen molar-refractivity contribution in [3.05, 3.63) is 42.2 Å². The van der Waals surface area contributed by atoms with E-state index >= 15 is 0 Å². The molecule has 1 saturated carbocycles. The van der Waals surface area contributed by atoms with Crippen LogP contribution in [-0.2, 0) is 14.4 Å². The van der Waals surface area contributed by atoms with Gasteiger partial charge in [0.05, 0.1) is 17.5 Å².